The van der Waals surface area contributed by atoms with Crippen LogP contribution in [0.2, 0.25) is 5.02 Å². The van der Waals surface area contributed by atoms with Crippen LogP contribution in [0.3, 0.4) is 0 Å². The van der Waals surface area contributed by atoms with E-state index in [1.165, 1.54) is 0 Å². The Morgan fingerprint density at radius 1 is 1.15 bits per heavy atom. The van der Waals surface area contributed by atoms with E-state index in [-0.39, 0.29) is 0 Å². The van der Waals surface area contributed by atoms with Crippen LogP contribution in [0.5, 0.6) is 0 Å². The predicted molar refractivity (Wildman–Crippen MR) is 84.9 cm³/mol. The minimum absolute atomic E-state index is 0.637. The van der Waals surface area contributed by atoms with Crippen molar-refractivity contribution in [1.29, 1.82) is 0 Å². The second-order valence-corrected chi connectivity index (χ2v) is 5.19. The number of hydrogen-bond acceptors (Lipinski definition) is 2. The van der Waals surface area contributed by atoms with Gasteiger partial charge in [-0.2, -0.15) is 0 Å². The number of imidazole rings is 1. The predicted octanol–water partition coefficient (Wildman–Crippen LogP) is 4.35. The highest BCUT2D eigenvalue weighted by Crippen LogP contribution is 2.34. The van der Waals surface area contributed by atoms with E-state index in [0.717, 1.165) is 35.4 Å². The highest BCUT2D eigenvalue weighted by Gasteiger charge is 2.16. The normalized spacial score (nSPS) is 11.1. The van der Waals surface area contributed by atoms with Gasteiger partial charge in [0.15, 0.2) is 0 Å². The molecule has 0 saturated heterocycles. The lowest BCUT2D eigenvalue weighted by Crippen LogP contribution is -2.02. The van der Waals surface area contributed by atoms with Gasteiger partial charge in [0.2, 0.25) is 0 Å². The lowest BCUT2D eigenvalue weighted by atomic mass is 10.1. The maximum atomic E-state index is 6.33. The SMILES string of the molecule is CCCn1c(-c2c(N)cccc2Cl)nc2ccccc21. The molecule has 20 heavy (non-hydrogen) atoms. The van der Waals surface area contributed by atoms with Crippen molar-refractivity contribution < 1.29 is 0 Å². The topological polar surface area (TPSA) is 43.8 Å². The van der Waals surface area contributed by atoms with Gasteiger partial charge in [0.1, 0.15) is 5.82 Å². The monoisotopic (exact) mass is 285 g/mol. The Morgan fingerprint density at radius 2 is 1.95 bits per heavy atom. The second kappa shape index (κ2) is 5.17. The number of hydrogen-bond donors (Lipinski definition) is 1. The molecule has 0 fully saturated rings. The maximum Gasteiger partial charge on any atom is 0.144 e. The van der Waals surface area contributed by atoms with Gasteiger partial charge in [-0.05, 0) is 30.7 Å². The molecule has 0 atom stereocenters. The minimum Gasteiger partial charge on any atom is -0.398 e. The number of aryl methyl sites for hydroxylation is 1. The molecular weight excluding hydrogens is 270 g/mol. The van der Waals surface area contributed by atoms with Crippen LogP contribution in [0.25, 0.3) is 22.4 Å². The molecule has 0 aliphatic carbocycles. The average molecular weight is 286 g/mol. The number of fused-ring (bicyclic) bond motifs is 1. The largest absolute Gasteiger partial charge is 0.398 e. The van der Waals surface area contributed by atoms with Gasteiger partial charge in [-0.25, -0.2) is 4.98 Å². The number of aromatic nitrogens is 2. The van der Waals surface area contributed by atoms with Crippen molar-refractivity contribution in [3.05, 3.63) is 47.5 Å². The molecule has 0 spiro atoms. The molecule has 1 heterocycles. The van der Waals surface area contributed by atoms with Crippen molar-refractivity contribution in [2.75, 3.05) is 5.73 Å². The molecule has 0 amide bonds. The van der Waals surface area contributed by atoms with Gasteiger partial charge in [-0.15, -0.1) is 0 Å². The first-order valence-corrected chi connectivity index (χ1v) is 7.09. The molecule has 4 heteroatoms. The van der Waals surface area contributed by atoms with E-state index in [0.29, 0.717) is 10.7 Å². The molecule has 102 valence electrons. The van der Waals surface area contributed by atoms with E-state index in [2.05, 4.69) is 17.6 Å². The van der Waals surface area contributed by atoms with E-state index in [9.17, 15) is 0 Å². The van der Waals surface area contributed by atoms with E-state index in [1.807, 2.05) is 36.4 Å². The average Bonchev–Trinajstić information content (AvgIpc) is 2.78. The number of nitrogens with two attached hydrogens (primary N) is 1. The Balaban J connectivity index is 2.33. The molecule has 0 aliphatic heterocycles. The summed E-state index contributed by atoms with van der Waals surface area (Å²) in [6.07, 6.45) is 1.03. The van der Waals surface area contributed by atoms with Crippen LogP contribution < -0.4 is 5.73 Å². The number of para-hydroxylation sites is 2. The van der Waals surface area contributed by atoms with Crippen LogP contribution in [0.15, 0.2) is 42.5 Å². The molecule has 0 aliphatic rings. The van der Waals surface area contributed by atoms with E-state index < -0.39 is 0 Å². The summed E-state index contributed by atoms with van der Waals surface area (Å²) in [4.78, 5) is 4.72. The van der Waals surface area contributed by atoms with Crippen LogP contribution in [-0.2, 0) is 6.54 Å². The van der Waals surface area contributed by atoms with Crippen molar-refractivity contribution in [1.82, 2.24) is 9.55 Å². The Morgan fingerprint density at radius 3 is 2.70 bits per heavy atom. The zero-order valence-electron chi connectivity index (χ0n) is 11.3. The maximum absolute atomic E-state index is 6.33. The fourth-order valence-electron chi connectivity index (χ4n) is 2.49. The third-order valence-electron chi connectivity index (χ3n) is 3.37. The fraction of sp³-hybridized carbons (Fsp3) is 0.188. The molecule has 1 aromatic heterocycles. The summed E-state index contributed by atoms with van der Waals surface area (Å²) >= 11 is 6.33. The number of rotatable bonds is 3. The van der Waals surface area contributed by atoms with Crippen molar-refractivity contribution in [2.45, 2.75) is 19.9 Å². The molecule has 0 radical (unpaired) electrons. The summed E-state index contributed by atoms with van der Waals surface area (Å²) in [6, 6.07) is 13.7. The number of anilines is 1. The third-order valence-corrected chi connectivity index (χ3v) is 3.69. The Labute approximate surface area is 123 Å². The minimum atomic E-state index is 0.637. The molecule has 3 rings (SSSR count). The first-order chi connectivity index (χ1) is 9.72. The third kappa shape index (κ3) is 2.04. The molecule has 0 unspecified atom stereocenters. The van der Waals surface area contributed by atoms with Gasteiger partial charge < -0.3 is 10.3 Å². The molecule has 0 saturated carbocycles. The summed E-state index contributed by atoms with van der Waals surface area (Å²) < 4.78 is 2.19. The van der Waals surface area contributed by atoms with E-state index >= 15 is 0 Å². The van der Waals surface area contributed by atoms with Gasteiger partial charge in [0.05, 0.1) is 21.6 Å². The summed E-state index contributed by atoms with van der Waals surface area (Å²) in [7, 11) is 0. The molecular formula is C16H16ClN3. The second-order valence-electron chi connectivity index (χ2n) is 4.78. The van der Waals surface area contributed by atoms with Gasteiger partial charge in [-0.1, -0.05) is 36.7 Å². The van der Waals surface area contributed by atoms with Crippen molar-refractivity contribution in [2.24, 2.45) is 0 Å². The summed E-state index contributed by atoms with van der Waals surface area (Å²) in [6.45, 7) is 3.04. The van der Waals surface area contributed by atoms with Crippen LogP contribution in [-0.4, -0.2) is 9.55 Å². The van der Waals surface area contributed by atoms with Gasteiger partial charge >= 0.3 is 0 Å². The van der Waals surface area contributed by atoms with Gasteiger partial charge in [0.25, 0.3) is 0 Å². The highest BCUT2D eigenvalue weighted by atomic mass is 35.5. The zero-order chi connectivity index (χ0) is 14.1. The Hall–Kier alpha value is -2.00. The lowest BCUT2D eigenvalue weighted by molar-refractivity contribution is 0.704. The fourth-order valence-corrected chi connectivity index (χ4v) is 2.76. The first kappa shape index (κ1) is 13.0. The van der Waals surface area contributed by atoms with Crippen LogP contribution in [0, 0.1) is 0 Å². The zero-order valence-corrected chi connectivity index (χ0v) is 12.1. The number of benzene rings is 2. The highest BCUT2D eigenvalue weighted by molar-refractivity contribution is 6.33. The van der Waals surface area contributed by atoms with Crippen molar-refractivity contribution >= 4 is 28.3 Å². The van der Waals surface area contributed by atoms with Crippen LogP contribution in [0.1, 0.15) is 13.3 Å². The first-order valence-electron chi connectivity index (χ1n) is 6.72. The number of halogens is 1. The molecule has 0 bridgehead atoms. The van der Waals surface area contributed by atoms with Gasteiger partial charge in [0, 0.05) is 12.2 Å². The molecule has 3 aromatic rings. The van der Waals surface area contributed by atoms with Gasteiger partial charge in [-0.3, -0.25) is 0 Å². The van der Waals surface area contributed by atoms with E-state index in [4.69, 9.17) is 22.3 Å². The molecule has 2 N–H and O–H groups in total. The summed E-state index contributed by atoms with van der Waals surface area (Å²) in [5.74, 6) is 0.844. The summed E-state index contributed by atoms with van der Waals surface area (Å²) in [5.41, 5.74) is 9.66. The molecule has 3 nitrogen and oxygen atoms in total. The standard InChI is InChI=1S/C16H16ClN3/c1-2-10-20-14-9-4-3-8-13(14)19-16(20)15-11(17)6-5-7-12(15)18/h3-9H,2,10,18H2,1H3. The lowest BCUT2D eigenvalue weighted by Gasteiger charge is -2.11. The number of nitrogen functional groups attached to an aromatic ring is 1. The summed E-state index contributed by atoms with van der Waals surface area (Å²) in [5, 5.41) is 0.637. The van der Waals surface area contributed by atoms with Crippen LogP contribution >= 0.6 is 11.6 Å². The Bertz CT molecular complexity index is 741. The van der Waals surface area contributed by atoms with E-state index in [1.54, 1.807) is 0 Å². The smallest absolute Gasteiger partial charge is 0.144 e. The van der Waals surface area contributed by atoms with Crippen molar-refractivity contribution in [3.63, 3.8) is 0 Å². The number of nitrogens with zero attached hydrogens (tertiary/aromatic N) is 2. The Kier molecular flexibility index (Phi) is 3.36. The molecule has 2 aromatic carbocycles. The van der Waals surface area contributed by atoms with Crippen molar-refractivity contribution in [3.8, 4) is 11.4 Å². The van der Waals surface area contributed by atoms with Crippen LogP contribution in [0.4, 0.5) is 5.69 Å². The quantitative estimate of drug-likeness (QED) is 0.727.